The lowest BCUT2D eigenvalue weighted by Crippen LogP contribution is -2.53. The van der Waals surface area contributed by atoms with Crippen molar-refractivity contribution in [1.82, 2.24) is 10.2 Å². The fourth-order valence-corrected chi connectivity index (χ4v) is 4.72. The summed E-state index contributed by atoms with van der Waals surface area (Å²) >= 11 is 0. The number of hydrogen-bond acceptors (Lipinski definition) is 5. The molecule has 3 rings (SSSR count). The summed E-state index contributed by atoms with van der Waals surface area (Å²) in [7, 11) is 0. The number of phenols is 1. The number of carbonyl (C=O) groups excluding carboxylic acids is 3. The number of nitrogens with zero attached hydrogens (tertiary/aromatic N) is 1. The summed E-state index contributed by atoms with van der Waals surface area (Å²) in [5.41, 5.74) is 3.31. The van der Waals surface area contributed by atoms with Gasteiger partial charge in [0.1, 0.15) is 23.4 Å². The van der Waals surface area contributed by atoms with Gasteiger partial charge in [0.05, 0.1) is 0 Å². The molecule has 3 amide bonds. The average Bonchev–Trinajstić information content (AvgIpc) is 2.90. The number of nitrogens with one attached hydrogen (secondary N) is 2. The minimum Gasteiger partial charge on any atom is -0.507 e. The molecule has 0 aliphatic rings. The van der Waals surface area contributed by atoms with E-state index < -0.39 is 35.6 Å². The molecule has 3 aromatic rings. The maximum absolute atomic E-state index is 14.3. The zero-order chi connectivity index (χ0) is 30.3. The van der Waals surface area contributed by atoms with Crippen LogP contribution >= 0.6 is 0 Å². The first-order chi connectivity index (χ1) is 19.3. The highest BCUT2D eigenvalue weighted by atomic mass is 16.6. The van der Waals surface area contributed by atoms with Crippen molar-refractivity contribution in [3.05, 3.63) is 94.5 Å². The quantitative estimate of drug-likeness (QED) is 0.299. The van der Waals surface area contributed by atoms with Crippen LogP contribution in [0.25, 0.3) is 0 Å². The molecule has 8 nitrogen and oxygen atoms in total. The number of phenolic OH excluding ortho intramolecular Hbond substituents is 1. The zero-order valence-corrected chi connectivity index (χ0v) is 24.9. The highest BCUT2D eigenvalue weighted by Crippen LogP contribution is 2.34. The molecule has 0 fully saturated rings. The SMILES string of the molecule is CCN(C(=O)C(Cc1ccccc1)NC(=O)OC(C)(C)C)C(C(=O)Nc1c(C)cccc1C)c1cccc(C)c1O. The summed E-state index contributed by atoms with van der Waals surface area (Å²) in [6, 6.07) is 17.9. The number of aryl methyl sites for hydroxylation is 3. The number of aromatic hydroxyl groups is 1. The number of ether oxygens (including phenoxy) is 1. The molecule has 0 saturated heterocycles. The fourth-order valence-electron chi connectivity index (χ4n) is 4.72. The van der Waals surface area contributed by atoms with Crippen LogP contribution in [-0.4, -0.2) is 46.1 Å². The monoisotopic (exact) mass is 559 g/mol. The topological polar surface area (TPSA) is 108 Å². The Kier molecular flexibility index (Phi) is 10.2. The van der Waals surface area contributed by atoms with E-state index in [1.54, 1.807) is 52.8 Å². The molecule has 2 unspecified atom stereocenters. The Morgan fingerprint density at radius 2 is 1.46 bits per heavy atom. The number of likely N-dealkylation sites (N-methyl/N-ethyl adjacent to an activating group) is 1. The number of alkyl carbamates (subject to hydrolysis) is 1. The van der Waals surface area contributed by atoms with Gasteiger partial charge in [-0.15, -0.1) is 0 Å². The lowest BCUT2D eigenvalue weighted by Gasteiger charge is -2.34. The van der Waals surface area contributed by atoms with Gasteiger partial charge in [0.15, 0.2) is 0 Å². The third-order valence-corrected chi connectivity index (χ3v) is 6.75. The molecule has 0 aliphatic carbocycles. The Morgan fingerprint density at radius 1 is 0.878 bits per heavy atom. The second-order valence-electron chi connectivity index (χ2n) is 11.2. The summed E-state index contributed by atoms with van der Waals surface area (Å²) in [5, 5.41) is 16.8. The second-order valence-corrected chi connectivity index (χ2v) is 11.2. The lowest BCUT2D eigenvalue weighted by atomic mass is 9.97. The standard InChI is InChI=1S/C33H41N3O5/c1-8-36(31(39)26(20-24-17-10-9-11-18-24)34-32(40)41-33(5,6)7)28(25-19-13-16-23(4)29(25)37)30(38)35-27-21(2)14-12-15-22(27)3/h9-19,26,28,37H,8,20H2,1-7H3,(H,34,40)(H,35,38). The molecule has 0 spiro atoms. The minimum absolute atomic E-state index is 0.0693. The number of rotatable bonds is 9. The van der Waals surface area contributed by atoms with E-state index in [9.17, 15) is 19.5 Å². The van der Waals surface area contributed by atoms with E-state index in [0.717, 1.165) is 16.7 Å². The van der Waals surface area contributed by atoms with Gasteiger partial charge in [-0.1, -0.05) is 66.7 Å². The largest absolute Gasteiger partial charge is 0.507 e. The van der Waals surface area contributed by atoms with Crippen LogP contribution in [0.15, 0.2) is 66.7 Å². The van der Waals surface area contributed by atoms with E-state index in [-0.39, 0.29) is 18.7 Å². The third kappa shape index (κ3) is 8.10. The van der Waals surface area contributed by atoms with E-state index in [1.165, 1.54) is 4.90 Å². The maximum atomic E-state index is 14.3. The molecule has 0 radical (unpaired) electrons. The van der Waals surface area contributed by atoms with Crippen LogP contribution in [-0.2, 0) is 20.7 Å². The first kappa shape index (κ1) is 31.2. The van der Waals surface area contributed by atoms with Crippen LogP contribution in [0.4, 0.5) is 10.5 Å². The fraction of sp³-hybridized carbons (Fsp3) is 0.364. The van der Waals surface area contributed by atoms with Crippen LogP contribution in [0.2, 0.25) is 0 Å². The molecule has 0 aliphatic heterocycles. The predicted octanol–water partition coefficient (Wildman–Crippen LogP) is 5.98. The number of para-hydroxylation sites is 2. The van der Waals surface area contributed by atoms with Crippen molar-refractivity contribution in [3.8, 4) is 5.75 Å². The molecule has 0 bridgehead atoms. The lowest BCUT2D eigenvalue weighted by molar-refractivity contribution is -0.140. The summed E-state index contributed by atoms with van der Waals surface area (Å²) < 4.78 is 5.46. The molecular formula is C33H41N3O5. The first-order valence-corrected chi connectivity index (χ1v) is 13.8. The first-order valence-electron chi connectivity index (χ1n) is 13.8. The van der Waals surface area contributed by atoms with E-state index in [0.29, 0.717) is 16.8 Å². The van der Waals surface area contributed by atoms with Crippen LogP contribution in [0.5, 0.6) is 5.75 Å². The summed E-state index contributed by atoms with van der Waals surface area (Å²) in [6.07, 6.45) is -0.557. The van der Waals surface area contributed by atoms with Gasteiger partial charge in [0, 0.05) is 24.2 Å². The number of amides is 3. The van der Waals surface area contributed by atoms with Gasteiger partial charge < -0.3 is 25.4 Å². The van der Waals surface area contributed by atoms with Crippen molar-refractivity contribution >= 4 is 23.6 Å². The molecule has 0 saturated carbocycles. The van der Waals surface area contributed by atoms with E-state index in [1.807, 2.05) is 62.4 Å². The molecule has 0 heterocycles. The van der Waals surface area contributed by atoms with Gasteiger partial charge in [-0.2, -0.15) is 0 Å². The number of benzene rings is 3. The van der Waals surface area contributed by atoms with E-state index in [4.69, 9.17) is 4.74 Å². The van der Waals surface area contributed by atoms with Crippen molar-refractivity contribution < 1.29 is 24.2 Å². The molecule has 2 atom stereocenters. The normalized spacial score (nSPS) is 12.7. The van der Waals surface area contributed by atoms with Gasteiger partial charge in [0.25, 0.3) is 5.91 Å². The zero-order valence-electron chi connectivity index (χ0n) is 24.9. The molecule has 3 N–H and O–H groups in total. The van der Waals surface area contributed by atoms with Crippen LogP contribution in [0, 0.1) is 20.8 Å². The van der Waals surface area contributed by atoms with Gasteiger partial charge in [-0.25, -0.2) is 4.79 Å². The summed E-state index contributed by atoms with van der Waals surface area (Å²) in [5.74, 6) is -1.03. The Bertz CT molecular complexity index is 1360. The minimum atomic E-state index is -1.18. The van der Waals surface area contributed by atoms with Crippen molar-refractivity contribution in [1.29, 1.82) is 0 Å². The number of carbonyl (C=O) groups is 3. The molecule has 3 aromatic carbocycles. The average molecular weight is 560 g/mol. The molecule has 41 heavy (non-hydrogen) atoms. The Balaban J connectivity index is 2.07. The number of anilines is 1. The molecular weight excluding hydrogens is 518 g/mol. The molecule has 218 valence electrons. The van der Waals surface area contributed by atoms with E-state index in [2.05, 4.69) is 10.6 Å². The third-order valence-electron chi connectivity index (χ3n) is 6.75. The Hall–Kier alpha value is -4.33. The van der Waals surface area contributed by atoms with Crippen molar-refractivity contribution in [2.45, 2.75) is 72.6 Å². The van der Waals surface area contributed by atoms with Gasteiger partial charge in [0.2, 0.25) is 5.91 Å². The Morgan fingerprint density at radius 3 is 2.05 bits per heavy atom. The smallest absolute Gasteiger partial charge is 0.408 e. The van der Waals surface area contributed by atoms with Crippen LogP contribution < -0.4 is 10.6 Å². The van der Waals surface area contributed by atoms with Gasteiger partial charge >= 0.3 is 6.09 Å². The van der Waals surface area contributed by atoms with Crippen molar-refractivity contribution in [3.63, 3.8) is 0 Å². The van der Waals surface area contributed by atoms with Crippen LogP contribution in [0.1, 0.15) is 61.6 Å². The van der Waals surface area contributed by atoms with Gasteiger partial charge in [-0.05, 0) is 70.7 Å². The summed E-state index contributed by atoms with van der Waals surface area (Å²) in [6.45, 7) is 12.7. The molecule has 8 heteroatoms. The highest BCUT2D eigenvalue weighted by Gasteiger charge is 2.37. The predicted molar refractivity (Wildman–Crippen MR) is 161 cm³/mol. The highest BCUT2D eigenvalue weighted by molar-refractivity contribution is 6.00. The van der Waals surface area contributed by atoms with Gasteiger partial charge in [-0.3, -0.25) is 9.59 Å². The van der Waals surface area contributed by atoms with Crippen molar-refractivity contribution in [2.24, 2.45) is 0 Å². The second kappa shape index (κ2) is 13.4. The molecule has 0 aromatic heterocycles. The maximum Gasteiger partial charge on any atom is 0.408 e. The van der Waals surface area contributed by atoms with Crippen molar-refractivity contribution in [2.75, 3.05) is 11.9 Å². The Labute approximate surface area is 242 Å². The van der Waals surface area contributed by atoms with Crippen LogP contribution in [0.3, 0.4) is 0 Å². The van der Waals surface area contributed by atoms with E-state index >= 15 is 0 Å². The summed E-state index contributed by atoms with van der Waals surface area (Å²) in [4.78, 5) is 42.6. The number of hydrogen-bond donors (Lipinski definition) is 3.